The van der Waals surface area contributed by atoms with Gasteiger partial charge >= 0.3 is 0 Å². The van der Waals surface area contributed by atoms with Crippen molar-refractivity contribution >= 4 is 11.8 Å². The third-order valence-corrected chi connectivity index (χ3v) is 5.38. The maximum atomic E-state index is 12.6. The average molecular weight is 360 g/mol. The summed E-state index contributed by atoms with van der Waals surface area (Å²) in [4.78, 5) is 26.5. The monoisotopic (exact) mass is 360 g/mol. The highest BCUT2D eigenvalue weighted by Gasteiger charge is 2.42. The molecule has 1 N–H and O–H groups in total. The van der Waals surface area contributed by atoms with Gasteiger partial charge in [0.05, 0.1) is 26.7 Å². The largest absolute Gasteiger partial charge is 0.493 e. The number of hydrogen-bond acceptors (Lipinski definition) is 5. The first kappa shape index (κ1) is 18.7. The Labute approximate surface area is 154 Å². The molecular formula is C20H28N2O4. The summed E-state index contributed by atoms with van der Waals surface area (Å²) in [7, 11) is 3.22. The Morgan fingerprint density at radius 3 is 2.50 bits per heavy atom. The number of benzene rings is 1. The summed E-state index contributed by atoms with van der Waals surface area (Å²) in [6.45, 7) is 0.637. The number of likely N-dealkylation sites (tertiary alicyclic amines) is 1. The molecule has 1 heterocycles. The van der Waals surface area contributed by atoms with Gasteiger partial charge in [0.25, 0.3) is 0 Å². The van der Waals surface area contributed by atoms with Crippen LogP contribution in [0.3, 0.4) is 0 Å². The van der Waals surface area contributed by atoms with Crippen molar-refractivity contribution in [2.45, 2.75) is 57.0 Å². The van der Waals surface area contributed by atoms with E-state index in [0.29, 0.717) is 18.0 Å². The van der Waals surface area contributed by atoms with Crippen molar-refractivity contribution in [1.82, 2.24) is 10.2 Å². The van der Waals surface area contributed by atoms with Crippen LogP contribution in [-0.2, 0) is 16.0 Å². The van der Waals surface area contributed by atoms with Gasteiger partial charge in [-0.15, -0.1) is 0 Å². The van der Waals surface area contributed by atoms with Crippen LogP contribution in [0.25, 0.3) is 0 Å². The highest BCUT2D eigenvalue weighted by molar-refractivity contribution is 6.05. The van der Waals surface area contributed by atoms with Crippen LogP contribution >= 0.6 is 0 Å². The summed E-state index contributed by atoms with van der Waals surface area (Å²) >= 11 is 0. The van der Waals surface area contributed by atoms with Crippen molar-refractivity contribution < 1.29 is 19.1 Å². The standard InChI is InChI=1S/C20H28N2O4/c1-25-17-9-8-14(12-18(17)26-2)10-11-21-16-13-19(23)22(20(16)24)15-6-4-3-5-7-15/h8-9,12,15-16,21H,3-7,10-11,13H2,1-2H3/t16-/m1/s1. The Morgan fingerprint density at radius 2 is 1.81 bits per heavy atom. The smallest absolute Gasteiger partial charge is 0.247 e. The van der Waals surface area contributed by atoms with Gasteiger partial charge in [-0.3, -0.25) is 14.5 Å². The summed E-state index contributed by atoms with van der Waals surface area (Å²) in [6.07, 6.45) is 6.37. The normalized spacial score (nSPS) is 21.3. The molecule has 6 nitrogen and oxygen atoms in total. The molecule has 0 radical (unpaired) electrons. The summed E-state index contributed by atoms with van der Waals surface area (Å²) in [5.74, 6) is 1.32. The second kappa shape index (κ2) is 8.54. The predicted octanol–water partition coefficient (Wildman–Crippen LogP) is 2.30. The predicted molar refractivity (Wildman–Crippen MR) is 98.4 cm³/mol. The van der Waals surface area contributed by atoms with E-state index in [9.17, 15) is 9.59 Å². The zero-order valence-electron chi connectivity index (χ0n) is 15.6. The van der Waals surface area contributed by atoms with Gasteiger partial charge in [0.1, 0.15) is 0 Å². The molecule has 1 aliphatic carbocycles. The summed E-state index contributed by atoms with van der Waals surface area (Å²) in [5, 5.41) is 3.26. The summed E-state index contributed by atoms with van der Waals surface area (Å²) in [6, 6.07) is 5.53. The fraction of sp³-hybridized carbons (Fsp3) is 0.600. The van der Waals surface area contributed by atoms with Gasteiger partial charge in [0.15, 0.2) is 11.5 Å². The molecule has 0 spiro atoms. The molecular weight excluding hydrogens is 332 g/mol. The van der Waals surface area contributed by atoms with E-state index in [1.807, 2.05) is 18.2 Å². The van der Waals surface area contributed by atoms with Crippen molar-refractivity contribution in [3.63, 3.8) is 0 Å². The third-order valence-electron chi connectivity index (χ3n) is 5.38. The molecule has 1 saturated carbocycles. The van der Waals surface area contributed by atoms with Crippen LogP contribution in [0.4, 0.5) is 0 Å². The zero-order valence-corrected chi connectivity index (χ0v) is 15.6. The van der Waals surface area contributed by atoms with E-state index in [-0.39, 0.29) is 30.3 Å². The van der Waals surface area contributed by atoms with Crippen LogP contribution in [0.15, 0.2) is 18.2 Å². The van der Waals surface area contributed by atoms with E-state index < -0.39 is 0 Å². The molecule has 1 saturated heterocycles. The van der Waals surface area contributed by atoms with Crippen LogP contribution in [0.1, 0.15) is 44.1 Å². The van der Waals surface area contributed by atoms with E-state index in [1.165, 1.54) is 11.3 Å². The average Bonchev–Trinajstić information content (AvgIpc) is 2.95. The minimum Gasteiger partial charge on any atom is -0.493 e. The van der Waals surface area contributed by atoms with Crippen LogP contribution in [0.2, 0.25) is 0 Å². The molecule has 1 aromatic rings. The lowest BCUT2D eigenvalue weighted by Gasteiger charge is -2.29. The van der Waals surface area contributed by atoms with Crippen LogP contribution in [0, 0.1) is 0 Å². The number of methoxy groups -OCH3 is 2. The number of nitrogens with zero attached hydrogens (tertiary/aromatic N) is 1. The Kier molecular flexibility index (Phi) is 6.14. The molecule has 1 aromatic carbocycles. The quantitative estimate of drug-likeness (QED) is 0.756. The van der Waals surface area contributed by atoms with Crippen molar-refractivity contribution in [1.29, 1.82) is 0 Å². The molecule has 6 heteroatoms. The van der Waals surface area contributed by atoms with Gasteiger partial charge in [-0.2, -0.15) is 0 Å². The highest BCUT2D eigenvalue weighted by atomic mass is 16.5. The summed E-state index contributed by atoms with van der Waals surface area (Å²) in [5.41, 5.74) is 1.09. The Hall–Kier alpha value is -2.08. The maximum Gasteiger partial charge on any atom is 0.247 e. The highest BCUT2D eigenvalue weighted by Crippen LogP contribution is 2.28. The lowest BCUT2D eigenvalue weighted by atomic mass is 9.94. The number of amides is 2. The first-order valence-electron chi connectivity index (χ1n) is 9.44. The van der Waals surface area contributed by atoms with Gasteiger partial charge in [-0.25, -0.2) is 0 Å². The molecule has 2 amide bonds. The third kappa shape index (κ3) is 4.01. The number of carbonyl (C=O) groups is 2. The molecule has 0 bridgehead atoms. The fourth-order valence-corrected chi connectivity index (χ4v) is 3.96. The van der Waals surface area contributed by atoms with Gasteiger partial charge in [0.2, 0.25) is 11.8 Å². The van der Waals surface area contributed by atoms with Crippen LogP contribution in [-0.4, -0.2) is 49.6 Å². The van der Waals surface area contributed by atoms with Gasteiger partial charge in [-0.1, -0.05) is 25.3 Å². The second-order valence-corrected chi connectivity index (χ2v) is 7.04. The van der Waals surface area contributed by atoms with Crippen molar-refractivity contribution in [2.24, 2.45) is 0 Å². The number of hydrogen-bond donors (Lipinski definition) is 1. The number of nitrogens with one attached hydrogen (secondary N) is 1. The number of rotatable bonds is 7. The van der Waals surface area contributed by atoms with E-state index >= 15 is 0 Å². The molecule has 3 rings (SSSR count). The second-order valence-electron chi connectivity index (χ2n) is 7.04. The number of carbonyl (C=O) groups excluding carboxylic acids is 2. The number of ether oxygens (including phenoxy) is 2. The molecule has 0 aromatic heterocycles. The maximum absolute atomic E-state index is 12.6. The minimum absolute atomic E-state index is 0.0227. The van der Waals surface area contributed by atoms with E-state index in [0.717, 1.165) is 37.7 Å². The van der Waals surface area contributed by atoms with Crippen molar-refractivity contribution in [2.75, 3.05) is 20.8 Å². The molecule has 0 unspecified atom stereocenters. The summed E-state index contributed by atoms with van der Waals surface area (Å²) < 4.78 is 10.6. The molecule has 1 aliphatic heterocycles. The van der Waals surface area contributed by atoms with Crippen LogP contribution in [0.5, 0.6) is 11.5 Å². The topological polar surface area (TPSA) is 67.9 Å². The Bertz CT molecular complexity index is 655. The van der Waals surface area contributed by atoms with Gasteiger partial charge in [0, 0.05) is 6.04 Å². The molecule has 142 valence electrons. The first-order valence-corrected chi connectivity index (χ1v) is 9.44. The molecule has 2 fully saturated rings. The molecule has 26 heavy (non-hydrogen) atoms. The molecule has 2 aliphatic rings. The fourth-order valence-electron chi connectivity index (χ4n) is 3.96. The Morgan fingerprint density at radius 1 is 1.08 bits per heavy atom. The van der Waals surface area contributed by atoms with Crippen molar-refractivity contribution in [3.8, 4) is 11.5 Å². The van der Waals surface area contributed by atoms with E-state index in [1.54, 1.807) is 14.2 Å². The SMILES string of the molecule is COc1ccc(CCN[C@@H]2CC(=O)N(C3CCCCC3)C2=O)cc1OC. The minimum atomic E-state index is -0.385. The van der Waals surface area contributed by atoms with Crippen molar-refractivity contribution in [3.05, 3.63) is 23.8 Å². The molecule has 1 atom stereocenters. The lowest BCUT2D eigenvalue weighted by molar-refractivity contribution is -0.142. The van der Waals surface area contributed by atoms with Crippen LogP contribution < -0.4 is 14.8 Å². The lowest BCUT2D eigenvalue weighted by Crippen LogP contribution is -2.45. The first-order chi connectivity index (χ1) is 12.6. The van der Waals surface area contributed by atoms with Gasteiger partial charge in [-0.05, 0) is 43.5 Å². The Balaban J connectivity index is 1.53. The van der Waals surface area contributed by atoms with E-state index in [4.69, 9.17) is 9.47 Å². The number of imide groups is 1. The van der Waals surface area contributed by atoms with Gasteiger partial charge < -0.3 is 14.8 Å². The van der Waals surface area contributed by atoms with E-state index in [2.05, 4.69) is 5.32 Å². The zero-order chi connectivity index (χ0) is 18.5.